The van der Waals surface area contributed by atoms with Crippen LogP contribution in [0.2, 0.25) is 0 Å². The average molecular weight is 695 g/mol. The van der Waals surface area contributed by atoms with Gasteiger partial charge >= 0.3 is 18.0 Å². The number of esters is 1. The number of aryl methyl sites for hydroxylation is 1. The van der Waals surface area contributed by atoms with Gasteiger partial charge < -0.3 is 39.6 Å². The number of aromatic nitrogens is 1. The maximum absolute atomic E-state index is 14.5. The predicted molar refractivity (Wildman–Crippen MR) is 181 cm³/mol. The van der Waals surface area contributed by atoms with Crippen LogP contribution in [0.5, 0.6) is 11.5 Å². The molecule has 1 saturated heterocycles. The summed E-state index contributed by atoms with van der Waals surface area (Å²) in [5.74, 6) is -2.69. The van der Waals surface area contributed by atoms with Crippen LogP contribution < -0.4 is 20.1 Å². The Balaban J connectivity index is 1.48. The Morgan fingerprint density at radius 1 is 1.10 bits per heavy atom. The molecule has 1 aromatic carbocycles. The van der Waals surface area contributed by atoms with Crippen molar-refractivity contribution in [2.75, 3.05) is 20.8 Å². The summed E-state index contributed by atoms with van der Waals surface area (Å²) in [4.78, 5) is 72.1. The quantitative estimate of drug-likeness (QED) is 0.229. The number of pyridine rings is 1. The van der Waals surface area contributed by atoms with E-state index in [1.807, 2.05) is 0 Å². The third kappa shape index (κ3) is 7.19. The first-order valence-corrected chi connectivity index (χ1v) is 16.8. The van der Waals surface area contributed by atoms with Crippen LogP contribution in [0, 0.1) is 18.3 Å². The molecule has 270 valence electrons. The molecule has 2 saturated carbocycles. The maximum Gasteiger partial charge on any atom is 0.408 e. The lowest BCUT2D eigenvalue weighted by Crippen LogP contribution is -2.59. The molecule has 3 aliphatic rings. The van der Waals surface area contributed by atoms with Crippen molar-refractivity contribution in [3.05, 3.63) is 42.1 Å². The topological polar surface area (TPSA) is 183 Å². The number of carboxylic acids is 1. The van der Waals surface area contributed by atoms with Crippen molar-refractivity contribution in [3.8, 4) is 11.5 Å². The first kappa shape index (κ1) is 36.4. The van der Waals surface area contributed by atoms with E-state index in [2.05, 4.69) is 22.2 Å². The molecule has 0 bridgehead atoms. The fourth-order valence-corrected chi connectivity index (χ4v) is 6.97. The summed E-state index contributed by atoms with van der Waals surface area (Å²) in [6.07, 6.45) is 3.54. The number of rotatable bonds is 11. The van der Waals surface area contributed by atoms with Gasteiger partial charge in [-0.1, -0.05) is 26.8 Å². The number of benzene rings is 1. The number of amides is 3. The summed E-state index contributed by atoms with van der Waals surface area (Å²) >= 11 is 0. The summed E-state index contributed by atoms with van der Waals surface area (Å²) in [6.45, 7) is 10.8. The molecule has 0 unspecified atom stereocenters. The molecule has 50 heavy (non-hydrogen) atoms. The number of alkyl carbamates (subject to hydrolysis) is 1. The number of carbonyl (C=O) groups excluding carboxylic acids is 4. The van der Waals surface area contributed by atoms with Crippen LogP contribution in [0.1, 0.15) is 75.3 Å². The normalized spacial score (nSPS) is 23.9. The second kappa shape index (κ2) is 14.2. The molecule has 0 spiro atoms. The molecule has 3 amide bonds. The smallest absolute Gasteiger partial charge is 0.408 e. The van der Waals surface area contributed by atoms with E-state index in [0.29, 0.717) is 28.6 Å². The first-order chi connectivity index (χ1) is 23.6. The fraction of sp³-hybridized carbons (Fsp3) is 0.556. The van der Waals surface area contributed by atoms with E-state index in [-0.39, 0.29) is 36.4 Å². The molecule has 3 N–H and O–H groups in total. The summed E-state index contributed by atoms with van der Waals surface area (Å²) in [5, 5.41) is 15.9. The van der Waals surface area contributed by atoms with Gasteiger partial charge in [0.1, 0.15) is 41.3 Å². The molecule has 5 atom stereocenters. The van der Waals surface area contributed by atoms with Gasteiger partial charge in [0, 0.05) is 29.4 Å². The number of nitrogens with zero attached hydrogens (tertiary/aromatic N) is 2. The Kier molecular flexibility index (Phi) is 10.3. The number of nitrogens with one attached hydrogen (secondary N) is 2. The SMILES string of the molecule is C=C[C@@H]1C[C@]1(NC(=O)[C@@H]1C[C@@H](Oc2cc(C(=O)O)nc3c(C)c(OC)ccc23)CN1C(=O)[C@@H](NC(=O)OC1CCCC1)C(C)(C)C)C(=O)OC. The van der Waals surface area contributed by atoms with E-state index in [1.165, 1.54) is 25.2 Å². The Labute approximate surface area is 290 Å². The van der Waals surface area contributed by atoms with Gasteiger partial charge in [0.25, 0.3) is 0 Å². The van der Waals surface area contributed by atoms with Crippen molar-refractivity contribution in [2.45, 2.75) is 96.1 Å². The van der Waals surface area contributed by atoms with E-state index >= 15 is 0 Å². The summed E-state index contributed by atoms with van der Waals surface area (Å²) in [6, 6.07) is 2.52. The number of hydrogen-bond donors (Lipinski definition) is 3. The summed E-state index contributed by atoms with van der Waals surface area (Å²) < 4.78 is 22.4. The number of fused-ring (bicyclic) bond motifs is 1. The van der Waals surface area contributed by atoms with E-state index in [0.717, 1.165) is 25.7 Å². The first-order valence-electron chi connectivity index (χ1n) is 16.8. The highest BCUT2D eigenvalue weighted by Gasteiger charge is 2.62. The molecule has 0 radical (unpaired) electrons. The van der Waals surface area contributed by atoms with E-state index < -0.39 is 59.0 Å². The zero-order valence-corrected chi connectivity index (χ0v) is 29.4. The molecule has 5 rings (SSSR count). The van der Waals surface area contributed by atoms with Crippen LogP contribution in [0.15, 0.2) is 30.9 Å². The van der Waals surface area contributed by atoms with Gasteiger partial charge in [-0.3, -0.25) is 9.59 Å². The van der Waals surface area contributed by atoms with Gasteiger partial charge in [-0.2, -0.15) is 0 Å². The van der Waals surface area contributed by atoms with Crippen LogP contribution in [-0.2, 0) is 23.9 Å². The van der Waals surface area contributed by atoms with Crippen LogP contribution >= 0.6 is 0 Å². The largest absolute Gasteiger partial charge is 0.496 e. The molecule has 2 heterocycles. The minimum Gasteiger partial charge on any atom is -0.496 e. The lowest BCUT2D eigenvalue weighted by molar-refractivity contribution is -0.148. The van der Waals surface area contributed by atoms with Gasteiger partial charge in [0.2, 0.25) is 11.8 Å². The van der Waals surface area contributed by atoms with Crippen molar-refractivity contribution in [1.82, 2.24) is 20.5 Å². The highest BCUT2D eigenvalue weighted by atomic mass is 16.6. The highest BCUT2D eigenvalue weighted by molar-refractivity contribution is 5.97. The number of methoxy groups -OCH3 is 2. The van der Waals surface area contributed by atoms with Crippen LogP contribution in [0.4, 0.5) is 4.79 Å². The van der Waals surface area contributed by atoms with Crippen LogP contribution in [0.3, 0.4) is 0 Å². The molecule has 14 heteroatoms. The van der Waals surface area contributed by atoms with Gasteiger partial charge in [0.15, 0.2) is 5.69 Å². The predicted octanol–water partition coefficient (Wildman–Crippen LogP) is 3.92. The Morgan fingerprint density at radius 3 is 2.38 bits per heavy atom. The van der Waals surface area contributed by atoms with Gasteiger partial charge in [-0.05, 0) is 56.6 Å². The molecule has 2 aliphatic carbocycles. The number of carbonyl (C=O) groups is 5. The molecular weight excluding hydrogens is 648 g/mol. The van der Waals surface area contributed by atoms with Crippen molar-refractivity contribution >= 4 is 40.7 Å². The van der Waals surface area contributed by atoms with Gasteiger partial charge in [-0.25, -0.2) is 19.4 Å². The van der Waals surface area contributed by atoms with E-state index in [4.69, 9.17) is 18.9 Å². The highest BCUT2D eigenvalue weighted by Crippen LogP contribution is 2.46. The third-order valence-corrected chi connectivity index (χ3v) is 9.87. The molecule has 1 aromatic heterocycles. The van der Waals surface area contributed by atoms with E-state index in [1.54, 1.807) is 45.9 Å². The van der Waals surface area contributed by atoms with Gasteiger partial charge in [-0.15, -0.1) is 6.58 Å². The maximum atomic E-state index is 14.5. The number of likely N-dealkylation sites (tertiary alicyclic amines) is 1. The monoisotopic (exact) mass is 694 g/mol. The minimum absolute atomic E-state index is 0.00166. The molecule has 14 nitrogen and oxygen atoms in total. The number of hydrogen-bond acceptors (Lipinski definition) is 10. The van der Waals surface area contributed by atoms with E-state index in [9.17, 15) is 29.1 Å². The molecule has 2 aromatic rings. The number of carboxylic acid groups (broad SMARTS) is 1. The zero-order valence-electron chi connectivity index (χ0n) is 29.4. The standard InChI is InChI=1S/C36H46N4O10/c1-8-20-17-36(20,33(45)48-7)39-30(41)25-15-22(49-27-16-24(32(43)44)37-28-19(2)26(47-6)14-13-23(27)28)18-40(25)31(42)29(35(3,4)5)38-34(46)50-21-11-9-10-12-21/h8,13-14,16,20-22,25,29H,1,9-12,15,17-18H2,2-7H3,(H,38,46)(H,39,41)(H,43,44)/t20-,22-,25+,29-,36-/m1/s1. The fourth-order valence-electron chi connectivity index (χ4n) is 6.97. The zero-order chi connectivity index (χ0) is 36.5. The van der Waals surface area contributed by atoms with Crippen molar-refractivity contribution in [3.63, 3.8) is 0 Å². The summed E-state index contributed by atoms with van der Waals surface area (Å²) in [5.41, 5.74) is -1.40. The second-order valence-corrected chi connectivity index (χ2v) is 14.3. The Bertz CT molecular complexity index is 1700. The lowest BCUT2D eigenvalue weighted by atomic mass is 9.85. The Hall–Kier alpha value is -4.88. The number of aromatic carboxylic acids is 1. The van der Waals surface area contributed by atoms with Crippen LogP contribution in [0.25, 0.3) is 10.9 Å². The Morgan fingerprint density at radius 2 is 1.80 bits per heavy atom. The lowest BCUT2D eigenvalue weighted by Gasteiger charge is -2.35. The second-order valence-electron chi connectivity index (χ2n) is 14.3. The number of ether oxygens (including phenoxy) is 4. The van der Waals surface area contributed by atoms with Crippen molar-refractivity contribution in [2.24, 2.45) is 11.3 Å². The van der Waals surface area contributed by atoms with Crippen molar-refractivity contribution < 1.29 is 48.0 Å². The molecule has 3 fully saturated rings. The summed E-state index contributed by atoms with van der Waals surface area (Å²) in [7, 11) is 2.73. The van der Waals surface area contributed by atoms with Crippen molar-refractivity contribution in [1.29, 1.82) is 0 Å². The molecule has 1 aliphatic heterocycles. The minimum atomic E-state index is -1.32. The third-order valence-electron chi connectivity index (χ3n) is 9.87. The molecular formula is C36H46N4O10. The van der Waals surface area contributed by atoms with Crippen LogP contribution in [-0.4, -0.2) is 95.4 Å². The average Bonchev–Trinajstić information content (AvgIpc) is 3.34. The van der Waals surface area contributed by atoms with Gasteiger partial charge in [0.05, 0.1) is 26.3 Å².